The fourth-order valence-electron chi connectivity index (χ4n) is 2.64. The van der Waals surface area contributed by atoms with E-state index in [-0.39, 0.29) is 0 Å². The van der Waals surface area contributed by atoms with Gasteiger partial charge in [-0.1, -0.05) is 84.9 Å². The Labute approximate surface area is 131 Å². The number of benzene rings is 3. The van der Waals surface area contributed by atoms with E-state index >= 15 is 0 Å². The topological polar surface area (TPSA) is 40.5 Å². The predicted molar refractivity (Wildman–Crippen MR) is 93.8 cm³/mol. The molecule has 106 valence electrons. The van der Waals surface area contributed by atoms with Crippen LogP contribution in [0.1, 0.15) is 0 Å². The standard InChI is InChI=1S/C18H16B2O2/c21-19(15-9-3-1-4-10-15)17-13-7-8-14-18(17)20(22)16-11-5-2-6-12-16/h1-14,21-22H. The Kier molecular flexibility index (Phi) is 4.42. The molecule has 0 fully saturated rings. The van der Waals surface area contributed by atoms with Crippen LogP contribution in [0, 0.1) is 0 Å². The van der Waals surface area contributed by atoms with Gasteiger partial charge in [0.25, 0.3) is 0 Å². The SMILES string of the molecule is OB(c1ccccc1)c1ccccc1B(O)c1ccccc1. The lowest BCUT2D eigenvalue weighted by Gasteiger charge is -2.15. The number of rotatable bonds is 4. The van der Waals surface area contributed by atoms with Crippen molar-refractivity contribution in [1.82, 2.24) is 0 Å². The summed E-state index contributed by atoms with van der Waals surface area (Å²) in [6.07, 6.45) is 0. The monoisotopic (exact) mass is 286 g/mol. The van der Waals surface area contributed by atoms with E-state index in [1.54, 1.807) is 0 Å². The van der Waals surface area contributed by atoms with Crippen LogP contribution in [0.4, 0.5) is 0 Å². The lowest BCUT2D eigenvalue weighted by molar-refractivity contribution is 0.595. The van der Waals surface area contributed by atoms with Gasteiger partial charge in [0.2, 0.25) is 0 Å². The van der Waals surface area contributed by atoms with Crippen LogP contribution < -0.4 is 21.9 Å². The molecule has 0 saturated carbocycles. The Morgan fingerprint density at radius 1 is 0.455 bits per heavy atom. The van der Waals surface area contributed by atoms with Crippen LogP contribution in [0.3, 0.4) is 0 Å². The van der Waals surface area contributed by atoms with Crippen LogP contribution in [0.15, 0.2) is 84.9 Å². The lowest BCUT2D eigenvalue weighted by Crippen LogP contribution is -2.57. The van der Waals surface area contributed by atoms with E-state index in [0.717, 1.165) is 21.9 Å². The normalized spacial score (nSPS) is 10.3. The van der Waals surface area contributed by atoms with Gasteiger partial charge in [-0.05, 0) is 21.9 Å². The van der Waals surface area contributed by atoms with Gasteiger partial charge >= 0.3 is 13.8 Å². The number of hydrogen-bond donors (Lipinski definition) is 2. The van der Waals surface area contributed by atoms with Crippen LogP contribution in [-0.4, -0.2) is 23.9 Å². The van der Waals surface area contributed by atoms with Crippen molar-refractivity contribution in [2.24, 2.45) is 0 Å². The fraction of sp³-hybridized carbons (Fsp3) is 0. The van der Waals surface area contributed by atoms with Crippen molar-refractivity contribution in [3.63, 3.8) is 0 Å². The molecule has 4 heteroatoms. The maximum atomic E-state index is 10.7. The van der Waals surface area contributed by atoms with E-state index in [0.29, 0.717) is 0 Å². The van der Waals surface area contributed by atoms with Crippen molar-refractivity contribution in [3.05, 3.63) is 84.9 Å². The molecule has 2 N–H and O–H groups in total. The molecule has 3 aromatic rings. The maximum absolute atomic E-state index is 10.7. The summed E-state index contributed by atoms with van der Waals surface area (Å²) >= 11 is 0. The molecule has 3 rings (SSSR count). The second kappa shape index (κ2) is 6.65. The summed E-state index contributed by atoms with van der Waals surface area (Å²) < 4.78 is 0. The van der Waals surface area contributed by atoms with Crippen LogP contribution in [0.25, 0.3) is 0 Å². The van der Waals surface area contributed by atoms with Crippen molar-refractivity contribution in [1.29, 1.82) is 0 Å². The summed E-state index contributed by atoms with van der Waals surface area (Å²) in [6, 6.07) is 26.4. The van der Waals surface area contributed by atoms with Crippen molar-refractivity contribution in [2.45, 2.75) is 0 Å². The second-order valence-corrected chi connectivity index (χ2v) is 5.26. The van der Waals surface area contributed by atoms with Crippen LogP contribution in [0.5, 0.6) is 0 Å². The van der Waals surface area contributed by atoms with Crippen molar-refractivity contribution in [3.8, 4) is 0 Å². The summed E-state index contributed by atoms with van der Waals surface area (Å²) in [5, 5.41) is 21.3. The van der Waals surface area contributed by atoms with Crippen LogP contribution in [0.2, 0.25) is 0 Å². The molecule has 0 saturated heterocycles. The van der Waals surface area contributed by atoms with Gasteiger partial charge in [0.05, 0.1) is 0 Å². The third-order valence-corrected chi connectivity index (χ3v) is 3.82. The molecule has 0 aromatic heterocycles. The van der Waals surface area contributed by atoms with E-state index in [4.69, 9.17) is 0 Å². The van der Waals surface area contributed by atoms with Gasteiger partial charge in [0, 0.05) is 0 Å². The van der Waals surface area contributed by atoms with Gasteiger partial charge in [-0.25, -0.2) is 0 Å². The Bertz CT molecular complexity index is 668. The first-order valence-electron chi connectivity index (χ1n) is 7.32. The Hall–Kier alpha value is -2.29. The van der Waals surface area contributed by atoms with Crippen molar-refractivity contribution >= 4 is 35.7 Å². The fourth-order valence-corrected chi connectivity index (χ4v) is 2.64. The van der Waals surface area contributed by atoms with Gasteiger partial charge in [-0.3, -0.25) is 0 Å². The molecule has 0 spiro atoms. The molecule has 0 aliphatic carbocycles. The van der Waals surface area contributed by atoms with Gasteiger partial charge in [-0.2, -0.15) is 0 Å². The smallest absolute Gasteiger partial charge is 0.358 e. The van der Waals surface area contributed by atoms with Gasteiger partial charge < -0.3 is 10.0 Å². The summed E-state index contributed by atoms with van der Waals surface area (Å²) in [5.41, 5.74) is 3.08. The van der Waals surface area contributed by atoms with Crippen LogP contribution >= 0.6 is 0 Å². The molecule has 0 aliphatic rings. The minimum atomic E-state index is -0.754. The highest BCUT2D eigenvalue weighted by molar-refractivity contribution is 6.89. The second-order valence-electron chi connectivity index (χ2n) is 5.26. The summed E-state index contributed by atoms with van der Waals surface area (Å²) in [6.45, 7) is -1.51. The molecule has 2 nitrogen and oxygen atoms in total. The molecule has 0 amide bonds. The first-order chi connectivity index (χ1) is 10.8. The third kappa shape index (κ3) is 2.98. The van der Waals surface area contributed by atoms with E-state index < -0.39 is 13.8 Å². The maximum Gasteiger partial charge on any atom is 0.358 e. The quantitative estimate of drug-likeness (QED) is 0.657. The highest BCUT2D eigenvalue weighted by atomic mass is 16.2. The molecule has 0 atom stereocenters. The highest BCUT2D eigenvalue weighted by Crippen LogP contribution is 1.93. The van der Waals surface area contributed by atoms with Crippen molar-refractivity contribution in [2.75, 3.05) is 0 Å². The first kappa shape index (κ1) is 14.6. The van der Waals surface area contributed by atoms with Crippen molar-refractivity contribution < 1.29 is 10.0 Å². The van der Waals surface area contributed by atoms with E-state index in [9.17, 15) is 10.0 Å². The zero-order valence-corrected chi connectivity index (χ0v) is 12.1. The minimum Gasteiger partial charge on any atom is -0.443 e. The van der Waals surface area contributed by atoms with E-state index in [2.05, 4.69) is 0 Å². The molecule has 0 radical (unpaired) electrons. The predicted octanol–water partition coefficient (Wildman–Crippen LogP) is -0.117. The largest absolute Gasteiger partial charge is 0.443 e. The summed E-state index contributed by atoms with van der Waals surface area (Å²) in [5.74, 6) is 0. The van der Waals surface area contributed by atoms with Crippen LogP contribution in [-0.2, 0) is 0 Å². The molecule has 3 aromatic carbocycles. The lowest BCUT2D eigenvalue weighted by atomic mass is 9.45. The Morgan fingerprint density at radius 3 is 1.14 bits per heavy atom. The van der Waals surface area contributed by atoms with Gasteiger partial charge in [0.15, 0.2) is 0 Å². The molecule has 0 bridgehead atoms. The molecule has 0 unspecified atom stereocenters. The molecule has 22 heavy (non-hydrogen) atoms. The number of hydrogen-bond acceptors (Lipinski definition) is 2. The Balaban J connectivity index is 2.00. The average molecular weight is 286 g/mol. The molecule has 0 heterocycles. The first-order valence-corrected chi connectivity index (χ1v) is 7.32. The average Bonchev–Trinajstić information content (AvgIpc) is 2.62. The minimum absolute atomic E-state index is 0.727. The van der Waals surface area contributed by atoms with E-state index in [1.807, 2.05) is 84.9 Å². The third-order valence-electron chi connectivity index (χ3n) is 3.82. The van der Waals surface area contributed by atoms with E-state index in [1.165, 1.54) is 0 Å². The summed E-state index contributed by atoms with van der Waals surface area (Å²) in [7, 11) is 0. The molecular weight excluding hydrogens is 270 g/mol. The van der Waals surface area contributed by atoms with Gasteiger partial charge in [0.1, 0.15) is 0 Å². The Morgan fingerprint density at radius 2 is 0.773 bits per heavy atom. The zero-order valence-electron chi connectivity index (χ0n) is 12.1. The zero-order chi connectivity index (χ0) is 15.4. The molecular formula is C18H16B2O2. The summed E-state index contributed by atoms with van der Waals surface area (Å²) in [4.78, 5) is 0. The highest BCUT2D eigenvalue weighted by Gasteiger charge is 2.26. The van der Waals surface area contributed by atoms with Gasteiger partial charge in [-0.15, -0.1) is 0 Å². The molecule has 0 aliphatic heterocycles.